The van der Waals surface area contributed by atoms with Gasteiger partial charge in [0.15, 0.2) is 17.6 Å². The summed E-state index contributed by atoms with van der Waals surface area (Å²) in [4.78, 5) is 25.0. The van der Waals surface area contributed by atoms with Crippen molar-refractivity contribution in [3.05, 3.63) is 52.5 Å². The second kappa shape index (κ2) is 8.30. The number of sulfonamides is 1. The number of halogens is 1. The molecule has 154 valence electrons. The Kier molecular flexibility index (Phi) is 5.99. The molecule has 1 N–H and O–H groups in total. The fourth-order valence-corrected chi connectivity index (χ4v) is 3.49. The van der Waals surface area contributed by atoms with E-state index in [9.17, 15) is 18.0 Å². The minimum atomic E-state index is -3.42. The van der Waals surface area contributed by atoms with Crippen LogP contribution in [0.4, 0.5) is 5.69 Å². The number of carbonyl (C=O) groups excluding carboxylic acids is 2. The van der Waals surface area contributed by atoms with Crippen LogP contribution in [-0.4, -0.2) is 45.7 Å². The zero-order chi connectivity index (χ0) is 21.2. The maximum atomic E-state index is 12.5. The van der Waals surface area contributed by atoms with Crippen molar-refractivity contribution >= 4 is 39.1 Å². The van der Waals surface area contributed by atoms with Gasteiger partial charge in [-0.15, -0.1) is 0 Å². The first kappa shape index (κ1) is 20.9. The Morgan fingerprint density at radius 2 is 1.76 bits per heavy atom. The molecular formula is C19H18ClNO7S. The second-order valence-corrected chi connectivity index (χ2v) is 8.50. The van der Waals surface area contributed by atoms with Crippen LogP contribution in [0, 0.1) is 0 Å². The van der Waals surface area contributed by atoms with Crippen molar-refractivity contribution in [3.63, 3.8) is 0 Å². The summed E-state index contributed by atoms with van der Waals surface area (Å²) in [6.07, 6.45) is -0.0410. The molecule has 0 saturated heterocycles. The van der Waals surface area contributed by atoms with Gasteiger partial charge in [-0.25, -0.2) is 13.2 Å². The van der Waals surface area contributed by atoms with E-state index < -0.39 is 27.9 Å². The number of hydrogen-bond acceptors (Lipinski definition) is 7. The van der Waals surface area contributed by atoms with Crippen molar-refractivity contribution in [2.24, 2.45) is 0 Å². The van der Waals surface area contributed by atoms with Gasteiger partial charge in [0, 0.05) is 11.3 Å². The predicted molar refractivity (Wildman–Crippen MR) is 107 cm³/mol. The summed E-state index contributed by atoms with van der Waals surface area (Å²) in [7, 11) is -3.42. The standard InChI is InChI=1S/C19H18ClNO7S/c1-11(17(22)12-3-5-14(6-4-12)21-29(2,24)25)28-19(23)13-9-15(20)18-16(10-13)26-7-8-27-18/h3-6,9-11,21H,7-8H2,1-2H3/t11-/m0/s1. The van der Waals surface area contributed by atoms with Crippen LogP contribution in [0.3, 0.4) is 0 Å². The maximum Gasteiger partial charge on any atom is 0.339 e. The lowest BCUT2D eigenvalue weighted by molar-refractivity contribution is 0.0318. The fourth-order valence-electron chi connectivity index (χ4n) is 2.66. The second-order valence-electron chi connectivity index (χ2n) is 6.35. The summed E-state index contributed by atoms with van der Waals surface area (Å²) in [6, 6.07) is 8.63. The minimum Gasteiger partial charge on any atom is -0.486 e. The highest BCUT2D eigenvalue weighted by Crippen LogP contribution is 2.38. The monoisotopic (exact) mass is 439 g/mol. The first-order chi connectivity index (χ1) is 13.6. The molecule has 29 heavy (non-hydrogen) atoms. The molecule has 1 aliphatic heterocycles. The highest BCUT2D eigenvalue weighted by molar-refractivity contribution is 7.92. The lowest BCUT2D eigenvalue weighted by atomic mass is 10.1. The number of rotatable bonds is 6. The van der Waals surface area contributed by atoms with E-state index in [2.05, 4.69) is 4.72 Å². The quantitative estimate of drug-likeness (QED) is 0.544. The van der Waals surface area contributed by atoms with E-state index in [1.165, 1.54) is 43.3 Å². The number of esters is 1. The molecule has 0 aliphatic carbocycles. The van der Waals surface area contributed by atoms with Crippen LogP contribution in [0.25, 0.3) is 0 Å². The Morgan fingerprint density at radius 1 is 1.10 bits per heavy atom. The van der Waals surface area contributed by atoms with Gasteiger partial charge in [0.25, 0.3) is 0 Å². The van der Waals surface area contributed by atoms with E-state index in [1.807, 2.05) is 0 Å². The summed E-state index contributed by atoms with van der Waals surface area (Å²) in [5.41, 5.74) is 0.718. The van der Waals surface area contributed by atoms with Gasteiger partial charge in [0.05, 0.1) is 16.8 Å². The lowest BCUT2D eigenvalue weighted by Gasteiger charge is -2.20. The number of ketones is 1. The number of benzene rings is 2. The van der Waals surface area contributed by atoms with Crippen LogP contribution < -0.4 is 14.2 Å². The topological polar surface area (TPSA) is 108 Å². The van der Waals surface area contributed by atoms with Crippen molar-refractivity contribution in [2.45, 2.75) is 13.0 Å². The number of carbonyl (C=O) groups is 2. The molecule has 1 aliphatic rings. The van der Waals surface area contributed by atoms with Crippen molar-refractivity contribution in [3.8, 4) is 11.5 Å². The molecule has 2 aromatic carbocycles. The molecule has 0 aromatic heterocycles. The zero-order valence-corrected chi connectivity index (χ0v) is 17.2. The molecule has 2 aromatic rings. The van der Waals surface area contributed by atoms with Crippen LogP contribution in [0.15, 0.2) is 36.4 Å². The lowest BCUT2D eigenvalue weighted by Crippen LogP contribution is -2.24. The number of Topliss-reactive ketones (excluding diaryl/α,β-unsaturated/α-hetero) is 1. The molecule has 1 atom stereocenters. The van der Waals surface area contributed by atoms with E-state index in [0.717, 1.165) is 6.26 Å². The van der Waals surface area contributed by atoms with Gasteiger partial charge in [-0.05, 0) is 43.3 Å². The summed E-state index contributed by atoms with van der Waals surface area (Å²) in [6.45, 7) is 2.14. The molecule has 3 rings (SSSR count). The summed E-state index contributed by atoms with van der Waals surface area (Å²) in [5, 5.41) is 0.210. The summed E-state index contributed by atoms with van der Waals surface area (Å²) < 4.78 is 40.9. The third kappa shape index (κ3) is 5.18. The van der Waals surface area contributed by atoms with E-state index in [1.54, 1.807) is 0 Å². The number of hydrogen-bond donors (Lipinski definition) is 1. The number of anilines is 1. The maximum absolute atomic E-state index is 12.5. The highest BCUT2D eigenvalue weighted by Gasteiger charge is 2.24. The third-order valence-corrected chi connectivity index (χ3v) is 4.85. The molecule has 0 spiro atoms. The first-order valence-corrected chi connectivity index (χ1v) is 10.8. The average Bonchev–Trinajstić information content (AvgIpc) is 2.66. The number of fused-ring (bicyclic) bond motifs is 1. The van der Waals surface area contributed by atoms with E-state index >= 15 is 0 Å². The van der Waals surface area contributed by atoms with Crippen molar-refractivity contribution in [1.82, 2.24) is 0 Å². The Bertz CT molecular complexity index is 1050. The van der Waals surface area contributed by atoms with E-state index in [0.29, 0.717) is 30.4 Å². The van der Waals surface area contributed by atoms with Crippen molar-refractivity contribution < 1.29 is 32.2 Å². The highest BCUT2D eigenvalue weighted by atomic mass is 35.5. The third-order valence-electron chi connectivity index (χ3n) is 3.96. The molecule has 8 nitrogen and oxygen atoms in total. The summed E-state index contributed by atoms with van der Waals surface area (Å²) >= 11 is 6.12. The average molecular weight is 440 g/mol. The molecule has 0 bridgehead atoms. The molecule has 0 radical (unpaired) electrons. The van der Waals surface area contributed by atoms with Gasteiger partial charge in [0.2, 0.25) is 15.8 Å². The van der Waals surface area contributed by atoms with Crippen LogP contribution in [0.1, 0.15) is 27.6 Å². The van der Waals surface area contributed by atoms with Gasteiger partial charge >= 0.3 is 5.97 Å². The normalized spacial score (nSPS) is 14.0. The van der Waals surface area contributed by atoms with Crippen molar-refractivity contribution in [2.75, 3.05) is 24.2 Å². The van der Waals surface area contributed by atoms with Gasteiger partial charge in [-0.3, -0.25) is 9.52 Å². The smallest absolute Gasteiger partial charge is 0.339 e. The van der Waals surface area contributed by atoms with Crippen LogP contribution in [-0.2, 0) is 14.8 Å². The van der Waals surface area contributed by atoms with Crippen molar-refractivity contribution in [1.29, 1.82) is 0 Å². The van der Waals surface area contributed by atoms with Crippen LogP contribution in [0.2, 0.25) is 5.02 Å². The van der Waals surface area contributed by atoms with Gasteiger partial charge in [-0.2, -0.15) is 0 Å². The molecule has 0 amide bonds. The van der Waals surface area contributed by atoms with E-state index in [-0.39, 0.29) is 16.1 Å². The Hall–Kier alpha value is -2.78. The minimum absolute atomic E-state index is 0.131. The summed E-state index contributed by atoms with van der Waals surface area (Å²) in [5.74, 6) is -0.474. The molecular weight excluding hydrogens is 422 g/mol. The Morgan fingerprint density at radius 3 is 2.41 bits per heavy atom. The number of nitrogens with one attached hydrogen (secondary N) is 1. The molecule has 1 heterocycles. The Labute approximate surface area is 172 Å². The Balaban J connectivity index is 1.69. The molecule has 0 unspecified atom stereocenters. The number of ether oxygens (including phenoxy) is 3. The molecule has 0 saturated carbocycles. The van der Waals surface area contributed by atoms with Crippen LogP contribution >= 0.6 is 11.6 Å². The van der Waals surface area contributed by atoms with Gasteiger partial charge < -0.3 is 14.2 Å². The molecule has 10 heteroatoms. The zero-order valence-electron chi connectivity index (χ0n) is 15.6. The largest absolute Gasteiger partial charge is 0.486 e. The van der Waals surface area contributed by atoms with E-state index in [4.69, 9.17) is 25.8 Å². The van der Waals surface area contributed by atoms with Gasteiger partial charge in [-0.1, -0.05) is 11.6 Å². The SMILES string of the molecule is C[C@H](OC(=O)c1cc(Cl)c2c(c1)OCCO2)C(=O)c1ccc(NS(C)(=O)=O)cc1. The molecule has 0 fully saturated rings. The first-order valence-electron chi connectivity index (χ1n) is 8.56. The van der Waals surface area contributed by atoms with Gasteiger partial charge in [0.1, 0.15) is 13.2 Å². The van der Waals surface area contributed by atoms with Crippen LogP contribution in [0.5, 0.6) is 11.5 Å². The predicted octanol–water partition coefficient (Wildman–Crippen LogP) is 2.91. The fraction of sp³-hybridized carbons (Fsp3) is 0.263.